The fourth-order valence-corrected chi connectivity index (χ4v) is 6.94. The SMILES string of the molecule is COc1cc2c(c(OC)c1OC)-c1ccc(NC(CC(C)C)C(=O)N3CCN(CCc4ccccn4)CC3)c(=O)cc1C(NC(C)=O)CC2. The van der Waals surface area contributed by atoms with Gasteiger partial charge in [-0.2, -0.15) is 0 Å². The van der Waals surface area contributed by atoms with Crippen LogP contribution in [-0.2, 0) is 22.4 Å². The second-order valence-corrected chi connectivity index (χ2v) is 13.2. The first-order chi connectivity index (χ1) is 23.6. The molecule has 1 aliphatic carbocycles. The van der Waals surface area contributed by atoms with Crippen LogP contribution in [0.25, 0.3) is 11.1 Å². The lowest BCUT2D eigenvalue weighted by Gasteiger charge is -2.37. The Kier molecular flexibility index (Phi) is 11.8. The first-order valence-electron chi connectivity index (χ1n) is 17.1. The average molecular weight is 672 g/mol. The van der Waals surface area contributed by atoms with Gasteiger partial charge in [-0.3, -0.25) is 24.3 Å². The van der Waals surface area contributed by atoms with E-state index in [1.165, 1.54) is 6.92 Å². The molecule has 1 fully saturated rings. The second-order valence-electron chi connectivity index (χ2n) is 13.2. The number of piperazine rings is 1. The van der Waals surface area contributed by atoms with Gasteiger partial charge in [0, 0.05) is 63.5 Å². The highest BCUT2D eigenvalue weighted by atomic mass is 16.5. The molecule has 0 spiro atoms. The van der Waals surface area contributed by atoms with Crippen molar-refractivity contribution < 1.29 is 23.8 Å². The van der Waals surface area contributed by atoms with Crippen molar-refractivity contribution in [2.75, 3.05) is 59.4 Å². The number of hydrogen-bond acceptors (Lipinski definition) is 9. The molecule has 1 aromatic heterocycles. The van der Waals surface area contributed by atoms with Crippen molar-refractivity contribution in [3.8, 4) is 28.4 Å². The summed E-state index contributed by atoms with van der Waals surface area (Å²) in [7, 11) is 4.71. The minimum Gasteiger partial charge on any atom is -0.493 e. The Labute approximate surface area is 289 Å². The molecule has 2 unspecified atom stereocenters. The first kappa shape index (κ1) is 35.7. The van der Waals surface area contributed by atoms with Gasteiger partial charge in [0.25, 0.3) is 0 Å². The fraction of sp³-hybridized carbons (Fsp3) is 0.474. The lowest BCUT2D eigenvalue weighted by Crippen LogP contribution is -2.53. The predicted octanol–water partition coefficient (Wildman–Crippen LogP) is 4.47. The zero-order chi connectivity index (χ0) is 35.1. The summed E-state index contributed by atoms with van der Waals surface area (Å²) in [5.74, 6) is 1.48. The van der Waals surface area contributed by atoms with Gasteiger partial charge in [-0.1, -0.05) is 26.0 Å². The van der Waals surface area contributed by atoms with E-state index in [-0.39, 0.29) is 23.2 Å². The highest BCUT2D eigenvalue weighted by Gasteiger charge is 2.31. The Bertz CT molecular complexity index is 1690. The van der Waals surface area contributed by atoms with Gasteiger partial charge < -0.3 is 29.7 Å². The predicted molar refractivity (Wildman–Crippen MR) is 191 cm³/mol. The molecule has 2 atom stereocenters. The number of nitrogens with zero attached hydrogens (tertiary/aromatic N) is 3. The van der Waals surface area contributed by atoms with Gasteiger partial charge in [-0.15, -0.1) is 0 Å². The van der Waals surface area contributed by atoms with E-state index >= 15 is 0 Å². The van der Waals surface area contributed by atoms with Crippen LogP contribution in [0.5, 0.6) is 17.2 Å². The molecule has 2 amide bonds. The van der Waals surface area contributed by atoms with Gasteiger partial charge in [0.15, 0.2) is 11.5 Å². The standard InChI is InChI=1S/C38H49N5O6/c1-24(2)21-32(38(46)43-19-17-42(18-20-43)16-14-27-9-7-8-15-39-27)41-31-13-11-28-29(23-33(31)45)30(40-25(3)44)12-10-26-22-34(47-4)36(48-5)37(49-6)35(26)28/h7-9,11,13,15,22-24,30,32H,10,12,14,16-21H2,1-6H3,(H,40,44)(H,41,45). The highest BCUT2D eigenvalue weighted by Crippen LogP contribution is 2.50. The summed E-state index contributed by atoms with van der Waals surface area (Å²) in [4.78, 5) is 49.0. The van der Waals surface area contributed by atoms with E-state index in [1.807, 2.05) is 41.4 Å². The van der Waals surface area contributed by atoms with Crippen LogP contribution in [0.2, 0.25) is 0 Å². The number of carbonyl (C=O) groups is 2. The third-order valence-electron chi connectivity index (χ3n) is 9.35. The van der Waals surface area contributed by atoms with Crippen LogP contribution in [0.15, 0.2) is 53.5 Å². The Balaban J connectivity index is 1.45. The van der Waals surface area contributed by atoms with E-state index in [0.29, 0.717) is 60.9 Å². The van der Waals surface area contributed by atoms with E-state index in [1.54, 1.807) is 33.5 Å². The van der Waals surface area contributed by atoms with Crippen LogP contribution in [0, 0.1) is 5.92 Å². The highest BCUT2D eigenvalue weighted by molar-refractivity contribution is 5.86. The number of anilines is 1. The number of amides is 2. The van der Waals surface area contributed by atoms with Crippen molar-refractivity contribution in [1.82, 2.24) is 20.1 Å². The molecular weight excluding hydrogens is 622 g/mol. The third-order valence-corrected chi connectivity index (χ3v) is 9.35. The molecule has 2 aliphatic rings. The summed E-state index contributed by atoms with van der Waals surface area (Å²) in [5, 5.41) is 6.40. The monoisotopic (exact) mass is 671 g/mol. The number of ether oxygens (including phenoxy) is 3. The zero-order valence-electron chi connectivity index (χ0n) is 29.5. The van der Waals surface area contributed by atoms with Crippen LogP contribution in [0.3, 0.4) is 0 Å². The summed E-state index contributed by atoms with van der Waals surface area (Å²) in [5.41, 5.74) is 4.26. The van der Waals surface area contributed by atoms with E-state index in [4.69, 9.17) is 14.2 Å². The third kappa shape index (κ3) is 8.33. The molecule has 5 rings (SSSR count). The van der Waals surface area contributed by atoms with E-state index in [9.17, 15) is 14.4 Å². The number of fused-ring (bicyclic) bond motifs is 3. The normalized spacial score (nSPS) is 16.6. The number of rotatable bonds is 12. The number of carbonyl (C=O) groups excluding carboxylic acids is 2. The van der Waals surface area contributed by atoms with Crippen LogP contribution >= 0.6 is 0 Å². The van der Waals surface area contributed by atoms with E-state index in [0.717, 1.165) is 48.4 Å². The number of methoxy groups -OCH3 is 3. The number of aryl methyl sites for hydroxylation is 1. The van der Waals surface area contributed by atoms with Gasteiger partial charge in [0.1, 0.15) is 6.04 Å². The molecule has 1 aliphatic heterocycles. The maximum atomic E-state index is 14.0. The number of nitrogens with one attached hydrogen (secondary N) is 2. The fourth-order valence-electron chi connectivity index (χ4n) is 6.94. The van der Waals surface area contributed by atoms with E-state index < -0.39 is 12.1 Å². The van der Waals surface area contributed by atoms with Crippen molar-refractivity contribution in [3.05, 3.63) is 75.7 Å². The molecule has 2 N–H and O–H groups in total. The summed E-state index contributed by atoms with van der Waals surface area (Å²) >= 11 is 0. The van der Waals surface area contributed by atoms with Gasteiger partial charge >= 0.3 is 0 Å². The Hall–Kier alpha value is -4.64. The van der Waals surface area contributed by atoms with Crippen LogP contribution in [0.1, 0.15) is 56.5 Å². The molecular formula is C38H49N5O6. The number of benzene rings is 1. The number of pyridine rings is 1. The quantitative estimate of drug-likeness (QED) is 0.287. The van der Waals surface area contributed by atoms with Crippen LogP contribution < -0.4 is 30.3 Å². The van der Waals surface area contributed by atoms with E-state index in [2.05, 4.69) is 34.4 Å². The molecule has 49 heavy (non-hydrogen) atoms. The Morgan fingerprint density at radius 1 is 0.980 bits per heavy atom. The molecule has 0 bridgehead atoms. The lowest BCUT2D eigenvalue weighted by molar-refractivity contribution is -0.134. The Morgan fingerprint density at radius 2 is 1.73 bits per heavy atom. The van der Waals surface area contributed by atoms with Gasteiger partial charge in [0.05, 0.1) is 33.1 Å². The topological polar surface area (TPSA) is 122 Å². The smallest absolute Gasteiger partial charge is 0.245 e. The molecule has 262 valence electrons. The van der Waals surface area contributed by atoms with Crippen LogP contribution in [0.4, 0.5) is 5.69 Å². The van der Waals surface area contributed by atoms with Crippen molar-refractivity contribution in [2.24, 2.45) is 5.92 Å². The van der Waals surface area contributed by atoms with Crippen molar-refractivity contribution in [3.63, 3.8) is 0 Å². The molecule has 1 saturated heterocycles. The molecule has 0 saturated carbocycles. The van der Waals surface area contributed by atoms with Crippen molar-refractivity contribution in [2.45, 2.75) is 58.5 Å². The lowest BCUT2D eigenvalue weighted by atomic mass is 9.95. The molecule has 11 heteroatoms. The van der Waals surface area contributed by atoms with Gasteiger partial charge in [-0.25, -0.2) is 0 Å². The summed E-state index contributed by atoms with van der Waals surface area (Å²) in [6.07, 6.45) is 4.42. The molecule has 11 nitrogen and oxygen atoms in total. The van der Waals surface area contributed by atoms with Crippen molar-refractivity contribution >= 4 is 17.5 Å². The summed E-state index contributed by atoms with van der Waals surface area (Å²) < 4.78 is 17.3. The molecule has 2 heterocycles. The van der Waals surface area contributed by atoms with Crippen LogP contribution in [-0.4, -0.2) is 86.7 Å². The first-order valence-corrected chi connectivity index (χ1v) is 17.1. The maximum absolute atomic E-state index is 14.0. The summed E-state index contributed by atoms with van der Waals surface area (Å²) in [6.45, 7) is 9.33. The molecule has 0 radical (unpaired) electrons. The second kappa shape index (κ2) is 16.2. The largest absolute Gasteiger partial charge is 0.493 e. The average Bonchev–Trinajstić information content (AvgIpc) is 3.34. The minimum absolute atomic E-state index is 0.00878. The van der Waals surface area contributed by atoms with Gasteiger partial charge in [-0.05, 0) is 72.2 Å². The summed E-state index contributed by atoms with van der Waals surface area (Å²) in [6, 6.07) is 12.1. The zero-order valence-corrected chi connectivity index (χ0v) is 29.5. The van der Waals surface area contributed by atoms with Crippen molar-refractivity contribution in [1.29, 1.82) is 0 Å². The number of hydrogen-bond donors (Lipinski definition) is 2. The van der Waals surface area contributed by atoms with Gasteiger partial charge in [0.2, 0.25) is 23.0 Å². The maximum Gasteiger partial charge on any atom is 0.245 e. The molecule has 3 aromatic rings. The number of aromatic nitrogens is 1. The minimum atomic E-state index is -0.577. The molecule has 2 aromatic carbocycles. The Morgan fingerprint density at radius 3 is 2.37 bits per heavy atom.